The normalized spacial score (nSPS) is 21.5. The first-order valence-corrected chi connectivity index (χ1v) is 9.34. The lowest BCUT2D eigenvalue weighted by Gasteiger charge is -2.33. The lowest BCUT2D eigenvalue weighted by Crippen LogP contribution is -2.41. The molecular formula is C22H16N2O2S. The molecular weight excluding hydrogens is 356 g/mol. The minimum absolute atomic E-state index is 0.00374. The summed E-state index contributed by atoms with van der Waals surface area (Å²) in [5, 5.41) is 11.7. The topological polar surface area (TPSA) is 76.1 Å². The summed E-state index contributed by atoms with van der Waals surface area (Å²) in [6.07, 6.45) is 0. The van der Waals surface area contributed by atoms with Gasteiger partial charge in [0.05, 0.1) is 5.92 Å². The Bertz CT molecular complexity index is 1040. The molecule has 0 radical (unpaired) electrons. The summed E-state index contributed by atoms with van der Waals surface area (Å²) >= 11 is 1.48. The van der Waals surface area contributed by atoms with Crippen molar-refractivity contribution in [2.75, 3.05) is 0 Å². The fraction of sp³-hybridized carbons (Fsp3) is 0.0909. The van der Waals surface area contributed by atoms with Gasteiger partial charge in [0.2, 0.25) is 17.3 Å². The predicted octanol–water partition coefficient (Wildman–Crippen LogP) is 4.33. The highest BCUT2D eigenvalue weighted by atomic mass is 32.1. The molecule has 0 bridgehead atoms. The maximum absolute atomic E-state index is 13.8. The van der Waals surface area contributed by atoms with E-state index in [-0.39, 0.29) is 17.2 Å². The van der Waals surface area contributed by atoms with Crippen LogP contribution in [0.1, 0.15) is 26.7 Å². The van der Waals surface area contributed by atoms with Crippen molar-refractivity contribution in [3.8, 4) is 6.07 Å². The third-order valence-electron chi connectivity index (χ3n) is 4.76. The number of benzene rings is 2. The van der Waals surface area contributed by atoms with Crippen LogP contribution in [0.2, 0.25) is 0 Å². The maximum atomic E-state index is 13.8. The number of ether oxygens (including phenoxy) is 1. The van der Waals surface area contributed by atoms with Crippen molar-refractivity contribution in [3.05, 3.63) is 106 Å². The van der Waals surface area contributed by atoms with Crippen LogP contribution in [0, 0.1) is 11.3 Å². The number of nitriles is 1. The molecule has 3 aromatic rings. The van der Waals surface area contributed by atoms with Crippen LogP contribution in [-0.2, 0) is 10.3 Å². The standard InChI is InChI=1S/C22H16N2O2S/c23-14-17-19(18-12-7-13-27-18)22(26-21(17)24,16-10-5-2-6-11-16)20(25)15-8-3-1-4-9-15/h1-13,19H,24H2/t19-,22+/m1/s1. The summed E-state index contributed by atoms with van der Waals surface area (Å²) in [6.45, 7) is 0. The Morgan fingerprint density at radius 1 is 1.04 bits per heavy atom. The monoisotopic (exact) mass is 372 g/mol. The second-order valence-corrected chi connectivity index (χ2v) is 7.22. The number of hydrogen-bond donors (Lipinski definition) is 1. The van der Waals surface area contributed by atoms with Crippen molar-refractivity contribution in [1.29, 1.82) is 5.26 Å². The van der Waals surface area contributed by atoms with Gasteiger partial charge in [-0.3, -0.25) is 4.79 Å². The van der Waals surface area contributed by atoms with Crippen LogP contribution in [0.4, 0.5) is 0 Å². The van der Waals surface area contributed by atoms with Crippen LogP contribution < -0.4 is 5.73 Å². The van der Waals surface area contributed by atoms with Gasteiger partial charge in [0.25, 0.3) is 0 Å². The molecule has 2 aromatic carbocycles. The van der Waals surface area contributed by atoms with Crippen LogP contribution in [0.25, 0.3) is 0 Å². The van der Waals surface area contributed by atoms with Crippen molar-refractivity contribution < 1.29 is 9.53 Å². The van der Waals surface area contributed by atoms with Gasteiger partial charge in [0, 0.05) is 16.0 Å². The molecule has 2 N–H and O–H groups in total. The number of hydrogen-bond acceptors (Lipinski definition) is 5. The van der Waals surface area contributed by atoms with Crippen molar-refractivity contribution in [2.24, 2.45) is 5.73 Å². The highest BCUT2D eigenvalue weighted by Crippen LogP contribution is 2.53. The van der Waals surface area contributed by atoms with E-state index in [9.17, 15) is 10.1 Å². The number of nitrogens with zero attached hydrogens (tertiary/aromatic N) is 1. The number of Topliss-reactive ketones (excluding diaryl/α,β-unsaturated/α-hetero) is 1. The molecule has 0 aliphatic carbocycles. The van der Waals surface area contributed by atoms with E-state index < -0.39 is 11.5 Å². The van der Waals surface area contributed by atoms with E-state index in [1.165, 1.54) is 11.3 Å². The second-order valence-electron chi connectivity index (χ2n) is 6.24. The average Bonchev–Trinajstić information content (AvgIpc) is 3.34. The largest absolute Gasteiger partial charge is 0.458 e. The van der Waals surface area contributed by atoms with Crippen molar-refractivity contribution >= 4 is 17.1 Å². The minimum atomic E-state index is -1.41. The van der Waals surface area contributed by atoms with Crippen LogP contribution in [0.3, 0.4) is 0 Å². The Labute approximate surface area is 161 Å². The molecule has 0 saturated heterocycles. The van der Waals surface area contributed by atoms with Gasteiger partial charge in [-0.1, -0.05) is 66.7 Å². The van der Waals surface area contributed by atoms with Gasteiger partial charge in [-0.2, -0.15) is 5.26 Å². The Morgan fingerprint density at radius 2 is 1.70 bits per heavy atom. The van der Waals surface area contributed by atoms with E-state index in [0.29, 0.717) is 11.1 Å². The zero-order valence-corrected chi connectivity index (χ0v) is 15.1. The molecule has 2 heterocycles. The molecule has 132 valence electrons. The molecule has 1 aliphatic heterocycles. The number of carbonyl (C=O) groups is 1. The van der Waals surface area contributed by atoms with E-state index in [1.54, 1.807) is 12.1 Å². The molecule has 5 heteroatoms. The minimum Gasteiger partial charge on any atom is -0.458 e. The first-order chi connectivity index (χ1) is 13.2. The lowest BCUT2D eigenvalue weighted by molar-refractivity contribution is 0.0140. The summed E-state index contributed by atoms with van der Waals surface area (Å²) in [4.78, 5) is 14.6. The van der Waals surface area contributed by atoms with E-state index in [1.807, 2.05) is 66.0 Å². The van der Waals surface area contributed by atoms with Gasteiger partial charge in [-0.05, 0) is 11.4 Å². The SMILES string of the molecule is N#CC1=C(N)O[C@@](C(=O)c2ccccc2)(c2ccccc2)[C@H]1c1cccs1. The quantitative estimate of drug-likeness (QED) is 0.692. The van der Waals surface area contributed by atoms with Crippen molar-refractivity contribution in [3.63, 3.8) is 0 Å². The molecule has 1 aromatic heterocycles. The Hall–Kier alpha value is -3.36. The fourth-order valence-electron chi connectivity index (χ4n) is 3.57. The molecule has 2 atom stereocenters. The average molecular weight is 372 g/mol. The molecule has 1 aliphatic rings. The highest BCUT2D eigenvalue weighted by molar-refractivity contribution is 7.10. The van der Waals surface area contributed by atoms with Crippen LogP contribution >= 0.6 is 11.3 Å². The lowest BCUT2D eigenvalue weighted by atomic mass is 9.73. The molecule has 0 unspecified atom stereocenters. The molecule has 4 rings (SSSR count). The Balaban J connectivity index is 1.99. The number of thiophene rings is 1. The van der Waals surface area contributed by atoms with Crippen LogP contribution in [0.15, 0.2) is 89.6 Å². The molecule has 4 nitrogen and oxygen atoms in total. The van der Waals surface area contributed by atoms with E-state index in [0.717, 1.165) is 4.88 Å². The van der Waals surface area contributed by atoms with Gasteiger partial charge in [-0.15, -0.1) is 11.3 Å². The second kappa shape index (κ2) is 6.75. The summed E-state index contributed by atoms with van der Waals surface area (Å²) in [5.74, 6) is -0.817. The molecule has 0 saturated carbocycles. The fourth-order valence-corrected chi connectivity index (χ4v) is 4.47. The summed E-state index contributed by atoms with van der Waals surface area (Å²) in [7, 11) is 0. The predicted molar refractivity (Wildman–Crippen MR) is 104 cm³/mol. The first-order valence-electron chi connectivity index (χ1n) is 8.46. The smallest absolute Gasteiger partial charge is 0.212 e. The third-order valence-corrected chi connectivity index (χ3v) is 5.69. The third kappa shape index (κ3) is 2.62. The summed E-state index contributed by atoms with van der Waals surface area (Å²) in [6, 6.07) is 24.2. The summed E-state index contributed by atoms with van der Waals surface area (Å²) in [5.41, 5.74) is 6.15. The zero-order chi connectivity index (χ0) is 18.9. The van der Waals surface area contributed by atoms with Gasteiger partial charge in [-0.25, -0.2) is 0 Å². The van der Waals surface area contributed by atoms with E-state index in [2.05, 4.69) is 6.07 Å². The maximum Gasteiger partial charge on any atom is 0.212 e. The first kappa shape index (κ1) is 17.1. The van der Waals surface area contributed by atoms with Crippen molar-refractivity contribution in [2.45, 2.75) is 11.5 Å². The number of rotatable bonds is 4. The molecule has 27 heavy (non-hydrogen) atoms. The number of nitrogens with two attached hydrogens (primary N) is 1. The number of carbonyl (C=O) groups excluding carboxylic acids is 1. The molecule has 0 amide bonds. The number of ketones is 1. The zero-order valence-electron chi connectivity index (χ0n) is 14.3. The van der Waals surface area contributed by atoms with Gasteiger partial charge < -0.3 is 10.5 Å². The molecule has 0 spiro atoms. The van der Waals surface area contributed by atoms with E-state index >= 15 is 0 Å². The Kier molecular flexibility index (Phi) is 4.27. The van der Waals surface area contributed by atoms with Gasteiger partial charge >= 0.3 is 0 Å². The highest BCUT2D eigenvalue weighted by Gasteiger charge is 2.57. The van der Waals surface area contributed by atoms with Crippen LogP contribution in [-0.4, -0.2) is 5.78 Å². The Morgan fingerprint density at radius 3 is 2.30 bits per heavy atom. The molecule has 0 fully saturated rings. The summed E-state index contributed by atoms with van der Waals surface area (Å²) < 4.78 is 6.08. The van der Waals surface area contributed by atoms with Crippen molar-refractivity contribution in [1.82, 2.24) is 0 Å². The van der Waals surface area contributed by atoms with Gasteiger partial charge in [0.1, 0.15) is 11.6 Å². The van der Waals surface area contributed by atoms with Crippen LogP contribution in [0.5, 0.6) is 0 Å². The van der Waals surface area contributed by atoms with Gasteiger partial charge in [0.15, 0.2) is 0 Å². The van der Waals surface area contributed by atoms with E-state index in [4.69, 9.17) is 10.5 Å².